The number of halogens is 7. The molecule has 0 spiro atoms. The highest BCUT2D eigenvalue weighted by Crippen LogP contribution is 2.37. The topological polar surface area (TPSA) is 135 Å². The van der Waals surface area contributed by atoms with Gasteiger partial charge in [-0.25, -0.2) is 14.4 Å². The van der Waals surface area contributed by atoms with Crippen LogP contribution in [0, 0.1) is 19.7 Å². The fourth-order valence-corrected chi connectivity index (χ4v) is 7.61. The van der Waals surface area contributed by atoms with Crippen LogP contribution in [-0.2, 0) is 25.2 Å². The number of aromatic amines is 2. The van der Waals surface area contributed by atoms with Crippen LogP contribution < -0.4 is 0 Å². The van der Waals surface area contributed by atoms with Gasteiger partial charge in [0.05, 0.1) is 67.4 Å². The molecule has 0 unspecified atom stereocenters. The summed E-state index contributed by atoms with van der Waals surface area (Å²) in [7, 11) is 0. The molecule has 0 atom stereocenters. The van der Waals surface area contributed by atoms with E-state index in [0.29, 0.717) is 56.8 Å². The SMILES string of the molecule is Cc1cccc(-c2[nH]c(Cc3ccc(F)c(C(F)(F)F)c3)nc2-c2ccc3nccnc3c2)n1.Cc1cccc(-c2[nH]c(Cc3ccccc3C(F)(F)F)nc2-c2ccc3nccnc3c2)n1. The van der Waals surface area contributed by atoms with Crippen molar-refractivity contribution < 1.29 is 30.7 Å². The number of nitrogens with zero attached hydrogens (tertiary/aromatic N) is 8. The van der Waals surface area contributed by atoms with E-state index in [1.807, 2.05) is 86.6 Å². The van der Waals surface area contributed by atoms with Crippen molar-refractivity contribution >= 4 is 22.1 Å². The van der Waals surface area contributed by atoms with Gasteiger partial charge in [-0.1, -0.05) is 48.5 Å². The van der Waals surface area contributed by atoms with Crippen LogP contribution in [0.1, 0.15) is 45.3 Å². The summed E-state index contributed by atoms with van der Waals surface area (Å²) in [5.41, 5.74) is 8.21. The van der Waals surface area contributed by atoms with Crippen molar-refractivity contribution in [2.24, 2.45) is 0 Å². The van der Waals surface area contributed by atoms with Gasteiger partial charge in [-0.05, 0) is 91.7 Å². The maximum Gasteiger partial charge on any atom is 0.419 e. The van der Waals surface area contributed by atoms with E-state index in [2.05, 4.69) is 44.9 Å². The van der Waals surface area contributed by atoms with E-state index in [4.69, 9.17) is 4.98 Å². The Hall–Kier alpha value is -8.21. The lowest BCUT2D eigenvalue weighted by atomic mass is 10.0. The average Bonchev–Trinajstić information content (AvgIpc) is 3.94. The quantitative estimate of drug-likeness (QED) is 0.144. The highest BCUT2D eigenvalue weighted by Gasteiger charge is 2.35. The van der Waals surface area contributed by atoms with Gasteiger partial charge in [-0.15, -0.1) is 0 Å². The molecule has 10 nitrogen and oxygen atoms in total. The van der Waals surface area contributed by atoms with Gasteiger partial charge in [0.25, 0.3) is 0 Å². The van der Waals surface area contributed by atoms with E-state index in [0.717, 1.165) is 51.7 Å². The Morgan fingerprint density at radius 2 is 0.955 bits per heavy atom. The number of fused-ring (bicyclic) bond motifs is 2. The Kier molecular flexibility index (Phi) is 11.8. The predicted molar refractivity (Wildman–Crippen MR) is 239 cm³/mol. The minimum absolute atomic E-state index is 0.00187. The zero-order valence-corrected chi connectivity index (χ0v) is 35.4. The number of aromatic nitrogens is 10. The second kappa shape index (κ2) is 18.0. The molecule has 0 saturated carbocycles. The molecule has 6 aromatic heterocycles. The van der Waals surface area contributed by atoms with Crippen LogP contribution in [0.25, 0.3) is 67.4 Å². The van der Waals surface area contributed by atoms with E-state index < -0.39 is 29.3 Å². The molecule has 334 valence electrons. The molecule has 0 radical (unpaired) electrons. The summed E-state index contributed by atoms with van der Waals surface area (Å²) in [5.74, 6) is -0.468. The van der Waals surface area contributed by atoms with Crippen LogP contribution >= 0.6 is 0 Å². The Labute approximate surface area is 377 Å². The van der Waals surface area contributed by atoms with Gasteiger partial charge in [0.15, 0.2) is 0 Å². The lowest BCUT2D eigenvalue weighted by Crippen LogP contribution is -2.09. The Balaban J connectivity index is 0.000000168. The number of benzene rings is 4. The standard InChI is InChI=1S/C25H17F4N5.C25H18F3N5/c1-14-3-2-4-20(32-14)24-23(16-6-8-19-21(13-16)31-10-9-30-19)33-22(34-24)12-15-5-7-18(26)17(11-15)25(27,28)29;1-15-5-4-8-20(31-15)24-23(17-9-10-19-21(13-17)30-12-11-29-19)32-22(33-24)14-16-6-2-3-7-18(16)25(26,27)28/h2-11,13H,12H2,1H3,(H,33,34);2-13H,14H2,1H3,(H,32,33). The third-order valence-electron chi connectivity index (χ3n) is 10.7. The summed E-state index contributed by atoms with van der Waals surface area (Å²) >= 11 is 0. The van der Waals surface area contributed by atoms with Crippen molar-refractivity contribution in [3.8, 4) is 45.3 Å². The Morgan fingerprint density at radius 1 is 0.463 bits per heavy atom. The highest BCUT2D eigenvalue weighted by molar-refractivity contribution is 5.86. The third kappa shape index (κ3) is 9.76. The first-order valence-corrected chi connectivity index (χ1v) is 20.6. The highest BCUT2D eigenvalue weighted by atomic mass is 19.4. The maximum atomic E-state index is 13.7. The molecule has 67 heavy (non-hydrogen) atoms. The number of H-pyrrole nitrogens is 2. The summed E-state index contributed by atoms with van der Waals surface area (Å²) in [6.45, 7) is 3.74. The summed E-state index contributed by atoms with van der Waals surface area (Å²) < 4.78 is 93.7. The smallest absolute Gasteiger partial charge is 0.340 e. The molecule has 0 saturated heterocycles. The first-order valence-electron chi connectivity index (χ1n) is 20.6. The first-order chi connectivity index (χ1) is 32.2. The number of pyridine rings is 2. The average molecular weight is 909 g/mol. The van der Waals surface area contributed by atoms with E-state index in [9.17, 15) is 30.7 Å². The largest absolute Gasteiger partial charge is 0.419 e. The van der Waals surface area contributed by atoms with Crippen LogP contribution in [-0.4, -0.2) is 49.8 Å². The van der Waals surface area contributed by atoms with Gasteiger partial charge in [-0.3, -0.25) is 29.9 Å². The fraction of sp³-hybridized carbons (Fsp3) is 0.120. The van der Waals surface area contributed by atoms with Gasteiger partial charge >= 0.3 is 12.4 Å². The molecule has 17 heteroatoms. The summed E-state index contributed by atoms with van der Waals surface area (Å²) in [6.07, 6.45) is -2.74. The number of rotatable bonds is 8. The first kappa shape index (κ1) is 44.0. The van der Waals surface area contributed by atoms with Gasteiger partial charge < -0.3 is 9.97 Å². The predicted octanol–water partition coefficient (Wildman–Crippen LogP) is 12.1. The molecule has 10 aromatic rings. The van der Waals surface area contributed by atoms with E-state index in [1.165, 1.54) is 18.2 Å². The Morgan fingerprint density at radius 3 is 1.46 bits per heavy atom. The molecule has 0 aliphatic heterocycles. The summed E-state index contributed by atoms with van der Waals surface area (Å²) in [4.78, 5) is 42.2. The fourth-order valence-electron chi connectivity index (χ4n) is 7.61. The number of hydrogen-bond acceptors (Lipinski definition) is 8. The van der Waals surface area contributed by atoms with Crippen LogP contribution in [0.2, 0.25) is 0 Å². The maximum absolute atomic E-state index is 13.7. The summed E-state index contributed by atoms with van der Waals surface area (Å²) in [6, 6.07) is 30.8. The number of alkyl halides is 6. The monoisotopic (exact) mass is 908 g/mol. The van der Waals surface area contributed by atoms with Gasteiger partial charge in [0.1, 0.15) is 17.5 Å². The molecule has 2 N–H and O–H groups in total. The lowest BCUT2D eigenvalue weighted by Gasteiger charge is -2.11. The van der Waals surface area contributed by atoms with Gasteiger partial charge in [-0.2, -0.15) is 26.3 Å². The van der Waals surface area contributed by atoms with E-state index >= 15 is 0 Å². The van der Waals surface area contributed by atoms with Crippen molar-refractivity contribution in [3.05, 3.63) is 191 Å². The minimum atomic E-state index is -4.78. The van der Waals surface area contributed by atoms with Crippen molar-refractivity contribution in [2.75, 3.05) is 0 Å². The van der Waals surface area contributed by atoms with Crippen LogP contribution in [0.5, 0.6) is 0 Å². The molecule has 10 rings (SSSR count). The van der Waals surface area contributed by atoms with Crippen molar-refractivity contribution in [3.63, 3.8) is 0 Å². The second-order valence-electron chi connectivity index (χ2n) is 15.5. The number of aryl methyl sites for hydroxylation is 2. The number of nitrogens with one attached hydrogen (secondary N) is 2. The summed E-state index contributed by atoms with van der Waals surface area (Å²) in [5, 5.41) is 0. The van der Waals surface area contributed by atoms with E-state index in [1.54, 1.807) is 30.9 Å². The number of imidazole rings is 2. The molecular formula is C50H35F7N10. The second-order valence-corrected chi connectivity index (χ2v) is 15.5. The zero-order valence-electron chi connectivity index (χ0n) is 35.4. The molecular weight excluding hydrogens is 874 g/mol. The van der Waals surface area contributed by atoms with Crippen LogP contribution in [0.4, 0.5) is 30.7 Å². The molecule has 0 amide bonds. The molecule has 6 heterocycles. The van der Waals surface area contributed by atoms with Gasteiger partial charge in [0, 0.05) is 60.1 Å². The van der Waals surface area contributed by atoms with Crippen molar-refractivity contribution in [2.45, 2.75) is 39.0 Å². The number of hydrogen-bond donors (Lipinski definition) is 2. The Bertz CT molecular complexity index is 3410. The lowest BCUT2D eigenvalue weighted by molar-refractivity contribution is -0.140. The molecule has 0 fully saturated rings. The molecule has 0 aliphatic carbocycles. The molecule has 4 aromatic carbocycles. The normalized spacial score (nSPS) is 11.8. The minimum Gasteiger partial charge on any atom is -0.340 e. The molecule has 0 bridgehead atoms. The van der Waals surface area contributed by atoms with Crippen LogP contribution in [0.3, 0.4) is 0 Å². The van der Waals surface area contributed by atoms with Gasteiger partial charge in [0.2, 0.25) is 0 Å². The molecule has 0 aliphatic rings. The van der Waals surface area contributed by atoms with E-state index in [-0.39, 0.29) is 24.0 Å². The zero-order chi connectivity index (χ0) is 46.9. The van der Waals surface area contributed by atoms with Crippen molar-refractivity contribution in [1.82, 2.24) is 49.8 Å². The van der Waals surface area contributed by atoms with Crippen LogP contribution in [0.15, 0.2) is 140 Å². The van der Waals surface area contributed by atoms with Crippen molar-refractivity contribution in [1.29, 1.82) is 0 Å². The third-order valence-corrected chi connectivity index (χ3v) is 10.7.